The molecular weight excluding hydrogens is 412 g/mol. The second-order valence-corrected chi connectivity index (χ2v) is 7.74. The van der Waals surface area contributed by atoms with Gasteiger partial charge in [0.15, 0.2) is 11.0 Å². The Labute approximate surface area is 184 Å². The van der Waals surface area contributed by atoms with Gasteiger partial charge < -0.3 is 14.5 Å². The minimum atomic E-state index is -0.206. The number of para-hydroxylation sites is 1. The van der Waals surface area contributed by atoms with Crippen molar-refractivity contribution in [1.29, 1.82) is 0 Å². The van der Waals surface area contributed by atoms with E-state index in [1.807, 2.05) is 72.2 Å². The van der Waals surface area contributed by atoms with Gasteiger partial charge in [-0.2, -0.15) is 0 Å². The molecule has 2 aromatic carbocycles. The lowest BCUT2D eigenvalue weighted by Gasteiger charge is -2.12. The molecule has 2 heterocycles. The molecule has 158 valence electrons. The minimum absolute atomic E-state index is 0.112. The van der Waals surface area contributed by atoms with Crippen LogP contribution in [0.1, 0.15) is 18.7 Å². The van der Waals surface area contributed by atoms with E-state index in [1.54, 1.807) is 19.4 Å². The number of nitrogens with one attached hydrogen (secondary N) is 1. The third-order valence-electron chi connectivity index (χ3n) is 4.66. The Morgan fingerprint density at radius 2 is 1.97 bits per heavy atom. The molecule has 4 aromatic rings. The minimum Gasteiger partial charge on any atom is -0.497 e. The highest BCUT2D eigenvalue weighted by Gasteiger charge is 2.18. The number of hydrogen-bond acceptors (Lipinski definition) is 6. The summed E-state index contributed by atoms with van der Waals surface area (Å²) in [7, 11) is 1.63. The first-order chi connectivity index (χ1) is 15.2. The molecule has 0 radical (unpaired) electrons. The van der Waals surface area contributed by atoms with E-state index in [2.05, 4.69) is 15.5 Å². The largest absolute Gasteiger partial charge is 0.497 e. The van der Waals surface area contributed by atoms with E-state index in [-0.39, 0.29) is 17.7 Å². The van der Waals surface area contributed by atoms with E-state index in [1.165, 1.54) is 11.8 Å². The fraction of sp³-hybridized carbons (Fsp3) is 0.174. The van der Waals surface area contributed by atoms with Crippen molar-refractivity contribution in [2.75, 3.05) is 12.9 Å². The maximum atomic E-state index is 12.5. The zero-order valence-electron chi connectivity index (χ0n) is 17.2. The topological polar surface area (TPSA) is 82.2 Å². The first-order valence-corrected chi connectivity index (χ1v) is 10.7. The quantitative estimate of drug-likeness (QED) is 0.411. The van der Waals surface area contributed by atoms with Crippen molar-refractivity contribution in [3.05, 3.63) is 78.8 Å². The lowest BCUT2D eigenvalue weighted by Crippen LogP contribution is -2.28. The number of furan rings is 1. The van der Waals surface area contributed by atoms with Gasteiger partial charge in [0.05, 0.1) is 25.2 Å². The molecule has 0 fully saturated rings. The molecule has 4 rings (SSSR count). The number of carbonyl (C=O) groups excluding carboxylic acids is 1. The van der Waals surface area contributed by atoms with Crippen molar-refractivity contribution in [3.8, 4) is 22.8 Å². The van der Waals surface area contributed by atoms with E-state index in [4.69, 9.17) is 9.15 Å². The highest BCUT2D eigenvalue weighted by atomic mass is 32.2. The maximum absolute atomic E-state index is 12.5. The number of amides is 1. The molecule has 1 atom stereocenters. The van der Waals surface area contributed by atoms with Gasteiger partial charge in [-0.1, -0.05) is 42.1 Å². The third kappa shape index (κ3) is 4.80. The summed E-state index contributed by atoms with van der Waals surface area (Å²) in [6.07, 6.45) is 1.59. The summed E-state index contributed by atoms with van der Waals surface area (Å²) in [6.45, 7) is 1.88. The molecule has 31 heavy (non-hydrogen) atoms. The van der Waals surface area contributed by atoms with Gasteiger partial charge in [-0.05, 0) is 43.3 Å². The van der Waals surface area contributed by atoms with Gasteiger partial charge >= 0.3 is 0 Å². The lowest BCUT2D eigenvalue weighted by atomic mass is 10.2. The van der Waals surface area contributed by atoms with E-state index in [0.29, 0.717) is 16.7 Å². The smallest absolute Gasteiger partial charge is 0.231 e. The third-order valence-corrected chi connectivity index (χ3v) is 5.58. The number of benzene rings is 2. The number of rotatable bonds is 8. The summed E-state index contributed by atoms with van der Waals surface area (Å²) >= 11 is 1.33. The highest BCUT2D eigenvalue weighted by Crippen LogP contribution is 2.29. The Balaban J connectivity index is 1.57. The average Bonchev–Trinajstić information content (AvgIpc) is 3.48. The van der Waals surface area contributed by atoms with Gasteiger partial charge in [0.1, 0.15) is 11.5 Å². The van der Waals surface area contributed by atoms with Crippen molar-refractivity contribution in [2.24, 2.45) is 0 Å². The monoisotopic (exact) mass is 434 g/mol. The van der Waals surface area contributed by atoms with Crippen molar-refractivity contribution in [3.63, 3.8) is 0 Å². The molecule has 2 aromatic heterocycles. The number of aromatic nitrogens is 3. The van der Waals surface area contributed by atoms with Gasteiger partial charge in [-0.3, -0.25) is 9.36 Å². The van der Waals surface area contributed by atoms with Crippen molar-refractivity contribution < 1.29 is 13.9 Å². The Morgan fingerprint density at radius 1 is 1.13 bits per heavy atom. The van der Waals surface area contributed by atoms with Crippen molar-refractivity contribution >= 4 is 17.7 Å². The summed E-state index contributed by atoms with van der Waals surface area (Å²) in [5, 5.41) is 12.3. The van der Waals surface area contributed by atoms with Gasteiger partial charge in [-0.25, -0.2) is 0 Å². The molecule has 7 nitrogen and oxygen atoms in total. The molecule has 1 unspecified atom stereocenters. The molecule has 1 N–H and O–H groups in total. The van der Waals surface area contributed by atoms with Crippen LogP contribution in [0.25, 0.3) is 17.1 Å². The molecule has 0 spiro atoms. The zero-order chi connectivity index (χ0) is 21.6. The maximum Gasteiger partial charge on any atom is 0.231 e. The molecule has 0 bridgehead atoms. The second-order valence-electron chi connectivity index (χ2n) is 6.80. The van der Waals surface area contributed by atoms with Crippen LogP contribution in [0.3, 0.4) is 0 Å². The van der Waals surface area contributed by atoms with Crippen LogP contribution in [-0.2, 0) is 4.79 Å². The van der Waals surface area contributed by atoms with Crippen molar-refractivity contribution in [1.82, 2.24) is 20.1 Å². The predicted molar refractivity (Wildman–Crippen MR) is 119 cm³/mol. The Hall–Kier alpha value is -3.52. The van der Waals surface area contributed by atoms with E-state index >= 15 is 0 Å². The van der Waals surface area contributed by atoms with E-state index in [9.17, 15) is 4.79 Å². The standard InChI is InChI=1S/C23H22N4O3S/c1-16(20-12-7-13-30-20)24-21(28)15-31-23-26-25-22(17-8-6-11-19(14-17)29-2)27(23)18-9-4-3-5-10-18/h3-14,16H,15H2,1-2H3,(H,24,28). The van der Waals surface area contributed by atoms with Crippen LogP contribution in [0.4, 0.5) is 0 Å². The van der Waals surface area contributed by atoms with Crippen LogP contribution in [0.2, 0.25) is 0 Å². The Kier molecular flexibility index (Phi) is 6.37. The summed E-state index contributed by atoms with van der Waals surface area (Å²) in [5.41, 5.74) is 1.79. The van der Waals surface area contributed by atoms with Gasteiger partial charge in [0.2, 0.25) is 5.91 Å². The van der Waals surface area contributed by atoms with Crippen LogP contribution in [0, 0.1) is 0 Å². The fourth-order valence-electron chi connectivity index (χ4n) is 3.14. The highest BCUT2D eigenvalue weighted by molar-refractivity contribution is 7.99. The zero-order valence-corrected chi connectivity index (χ0v) is 18.0. The number of ether oxygens (including phenoxy) is 1. The lowest BCUT2D eigenvalue weighted by molar-refractivity contribution is -0.119. The molecule has 0 aliphatic heterocycles. The Morgan fingerprint density at radius 3 is 2.71 bits per heavy atom. The molecule has 0 saturated carbocycles. The van der Waals surface area contributed by atoms with E-state index < -0.39 is 0 Å². The first kappa shape index (κ1) is 20.7. The summed E-state index contributed by atoms with van der Waals surface area (Å²) in [6, 6.07) is 20.9. The van der Waals surface area contributed by atoms with Crippen LogP contribution in [-0.4, -0.2) is 33.5 Å². The van der Waals surface area contributed by atoms with Gasteiger partial charge in [0.25, 0.3) is 0 Å². The number of nitrogens with zero attached hydrogens (tertiary/aromatic N) is 3. The molecule has 0 aliphatic carbocycles. The fourth-order valence-corrected chi connectivity index (χ4v) is 3.91. The summed E-state index contributed by atoms with van der Waals surface area (Å²) < 4.78 is 12.6. The van der Waals surface area contributed by atoms with Crippen LogP contribution >= 0.6 is 11.8 Å². The number of methoxy groups -OCH3 is 1. The van der Waals surface area contributed by atoms with Gasteiger partial charge in [-0.15, -0.1) is 10.2 Å². The van der Waals surface area contributed by atoms with Crippen LogP contribution < -0.4 is 10.1 Å². The Bertz CT molecular complexity index is 1140. The number of hydrogen-bond donors (Lipinski definition) is 1. The average molecular weight is 435 g/mol. The molecule has 1 amide bonds. The SMILES string of the molecule is COc1cccc(-c2nnc(SCC(=O)NC(C)c3ccco3)n2-c2ccccc2)c1. The molecule has 0 saturated heterocycles. The van der Waals surface area contributed by atoms with Crippen molar-refractivity contribution in [2.45, 2.75) is 18.1 Å². The van der Waals surface area contributed by atoms with Crippen LogP contribution in [0.15, 0.2) is 82.6 Å². The van der Waals surface area contributed by atoms with E-state index in [0.717, 1.165) is 17.0 Å². The summed E-state index contributed by atoms with van der Waals surface area (Å²) in [5.74, 6) is 2.22. The molecule has 0 aliphatic rings. The van der Waals surface area contributed by atoms with Crippen LogP contribution in [0.5, 0.6) is 5.75 Å². The van der Waals surface area contributed by atoms with Gasteiger partial charge in [0, 0.05) is 11.3 Å². The normalized spacial score (nSPS) is 11.8. The first-order valence-electron chi connectivity index (χ1n) is 9.76. The second kappa shape index (κ2) is 9.53. The summed E-state index contributed by atoms with van der Waals surface area (Å²) in [4.78, 5) is 12.5. The molecule has 8 heteroatoms. The number of thioether (sulfide) groups is 1. The molecular formula is C23H22N4O3S. The number of carbonyl (C=O) groups is 1. The predicted octanol–water partition coefficient (Wildman–Crippen LogP) is 4.51.